The lowest BCUT2D eigenvalue weighted by Gasteiger charge is -2.05. The van der Waals surface area contributed by atoms with E-state index in [9.17, 15) is 9.59 Å². The number of methoxy groups -OCH3 is 1. The second-order valence-corrected chi connectivity index (χ2v) is 3.32. The van der Waals surface area contributed by atoms with Crippen molar-refractivity contribution in [3.63, 3.8) is 0 Å². The summed E-state index contributed by atoms with van der Waals surface area (Å²) >= 11 is 0. The maximum atomic E-state index is 11.3. The molecule has 1 rings (SSSR count). The summed E-state index contributed by atoms with van der Waals surface area (Å²) in [6.07, 6.45) is -0.344. The molecular weight excluding hydrogens is 226 g/mol. The molecule has 0 fully saturated rings. The summed E-state index contributed by atoms with van der Waals surface area (Å²) < 4.78 is 4.92. The number of hydrogen-bond acceptors (Lipinski definition) is 5. The van der Waals surface area contributed by atoms with Crippen LogP contribution in [0.3, 0.4) is 0 Å². The minimum atomic E-state index is -1.03. The van der Waals surface area contributed by atoms with Gasteiger partial charge in [0.1, 0.15) is 0 Å². The number of anilines is 1. The Morgan fingerprint density at radius 1 is 1.41 bits per heavy atom. The van der Waals surface area contributed by atoms with Crippen LogP contribution in [0.5, 0.6) is 5.88 Å². The Bertz CT molecular complexity index is 434. The largest absolute Gasteiger partial charge is 0.481 e. The summed E-state index contributed by atoms with van der Waals surface area (Å²) in [7, 11) is 1.46. The number of carboxylic acids is 1. The Kier molecular flexibility index (Phi) is 4.38. The zero-order chi connectivity index (χ0) is 12.8. The molecule has 0 aliphatic rings. The number of carbonyl (C=O) groups is 2. The predicted molar refractivity (Wildman–Crippen MR) is 58.8 cm³/mol. The van der Waals surface area contributed by atoms with Crippen molar-refractivity contribution < 1.29 is 19.4 Å². The summed E-state index contributed by atoms with van der Waals surface area (Å²) in [6, 6.07) is 1.62. The number of carbonyl (C=O) groups excluding carboxylic acids is 1. The minimum Gasteiger partial charge on any atom is -0.481 e. The van der Waals surface area contributed by atoms with Crippen LogP contribution in [-0.4, -0.2) is 34.1 Å². The van der Waals surface area contributed by atoms with E-state index in [1.165, 1.54) is 7.11 Å². The molecule has 0 radical (unpaired) electrons. The van der Waals surface area contributed by atoms with Crippen molar-refractivity contribution in [1.82, 2.24) is 9.97 Å². The van der Waals surface area contributed by atoms with Gasteiger partial charge in [-0.2, -0.15) is 4.98 Å². The fourth-order valence-corrected chi connectivity index (χ4v) is 1.11. The second kappa shape index (κ2) is 5.78. The lowest BCUT2D eigenvalue weighted by Crippen LogP contribution is -2.15. The van der Waals surface area contributed by atoms with Crippen molar-refractivity contribution in [1.29, 1.82) is 0 Å². The first-order chi connectivity index (χ1) is 8.01. The normalized spacial score (nSPS) is 9.76. The minimum absolute atomic E-state index is 0.109. The molecule has 1 amide bonds. The smallest absolute Gasteiger partial charge is 0.303 e. The van der Waals surface area contributed by atoms with Gasteiger partial charge in [0.15, 0.2) is 0 Å². The summed E-state index contributed by atoms with van der Waals surface area (Å²) in [5.74, 6) is -1.02. The highest BCUT2D eigenvalue weighted by molar-refractivity contribution is 5.90. The molecule has 1 aromatic rings. The fraction of sp³-hybridized carbons (Fsp3) is 0.400. The highest BCUT2D eigenvalue weighted by Gasteiger charge is 2.08. The van der Waals surface area contributed by atoms with E-state index in [0.29, 0.717) is 11.6 Å². The first kappa shape index (κ1) is 12.9. The molecule has 0 saturated heterocycles. The Hall–Kier alpha value is -2.18. The summed E-state index contributed by atoms with van der Waals surface area (Å²) in [5, 5.41) is 10.8. The Balaban J connectivity index is 2.64. The average Bonchev–Trinajstić information content (AvgIpc) is 2.25. The Morgan fingerprint density at radius 2 is 2.12 bits per heavy atom. The highest BCUT2D eigenvalue weighted by atomic mass is 16.5. The van der Waals surface area contributed by atoms with Gasteiger partial charge in [0.05, 0.1) is 13.5 Å². The van der Waals surface area contributed by atoms with E-state index in [2.05, 4.69) is 15.3 Å². The Morgan fingerprint density at radius 3 is 2.71 bits per heavy atom. The Labute approximate surface area is 97.8 Å². The monoisotopic (exact) mass is 239 g/mol. The summed E-state index contributed by atoms with van der Waals surface area (Å²) in [5.41, 5.74) is 0.644. The van der Waals surface area contributed by atoms with Gasteiger partial charge in [-0.1, -0.05) is 0 Å². The zero-order valence-corrected chi connectivity index (χ0v) is 9.56. The molecule has 17 heavy (non-hydrogen) atoms. The van der Waals surface area contributed by atoms with Gasteiger partial charge in [-0.25, -0.2) is 4.98 Å². The molecule has 92 valence electrons. The summed E-state index contributed by atoms with van der Waals surface area (Å²) in [6.45, 7) is 1.73. The maximum absolute atomic E-state index is 11.3. The predicted octanol–water partition coefficient (Wildman–Crippen LogP) is 0.597. The van der Waals surface area contributed by atoms with E-state index >= 15 is 0 Å². The first-order valence-electron chi connectivity index (χ1n) is 4.92. The molecule has 0 aliphatic heterocycles. The standard InChI is InChI=1S/C10H13N3O4/c1-6-5-8(17-2)13-10(11-6)12-7(14)3-4-9(15)16/h5H,3-4H2,1-2H3,(H,15,16)(H,11,12,13,14). The third-order valence-electron chi connectivity index (χ3n) is 1.86. The van der Waals surface area contributed by atoms with E-state index in [4.69, 9.17) is 9.84 Å². The van der Waals surface area contributed by atoms with Crippen LogP contribution in [0.15, 0.2) is 6.07 Å². The number of aromatic nitrogens is 2. The lowest BCUT2D eigenvalue weighted by atomic mass is 10.3. The third-order valence-corrected chi connectivity index (χ3v) is 1.86. The zero-order valence-electron chi connectivity index (χ0n) is 9.56. The number of nitrogens with zero attached hydrogens (tertiary/aromatic N) is 2. The quantitative estimate of drug-likeness (QED) is 0.780. The van der Waals surface area contributed by atoms with Crippen molar-refractivity contribution in [3.05, 3.63) is 11.8 Å². The van der Waals surface area contributed by atoms with Gasteiger partial charge < -0.3 is 9.84 Å². The number of hydrogen-bond donors (Lipinski definition) is 2. The van der Waals surface area contributed by atoms with Crippen LogP contribution in [-0.2, 0) is 9.59 Å². The van der Waals surface area contributed by atoms with Gasteiger partial charge in [-0.3, -0.25) is 14.9 Å². The van der Waals surface area contributed by atoms with E-state index in [-0.39, 0.29) is 18.8 Å². The molecule has 1 aromatic heterocycles. The van der Waals surface area contributed by atoms with Crippen LogP contribution in [0.2, 0.25) is 0 Å². The van der Waals surface area contributed by atoms with E-state index in [1.54, 1.807) is 13.0 Å². The van der Waals surface area contributed by atoms with E-state index in [1.807, 2.05) is 0 Å². The van der Waals surface area contributed by atoms with Crippen molar-refractivity contribution in [2.45, 2.75) is 19.8 Å². The number of amides is 1. The molecule has 0 bridgehead atoms. The molecule has 2 N–H and O–H groups in total. The topological polar surface area (TPSA) is 101 Å². The number of carboxylic acid groups (broad SMARTS) is 1. The molecular formula is C10H13N3O4. The van der Waals surface area contributed by atoms with E-state index in [0.717, 1.165) is 0 Å². The number of nitrogens with one attached hydrogen (secondary N) is 1. The second-order valence-electron chi connectivity index (χ2n) is 3.32. The fourth-order valence-electron chi connectivity index (χ4n) is 1.11. The number of aryl methyl sites for hydroxylation is 1. The molecule has 1 heterocycles. The van der Waals surface area contributed by atoms with Gasteiger partial charge in [0.25, 0.3) is 0 Å². The maximum Gasteiger partial charge on any atom is 0.303 e. The number of aliphatic carboxylic acids is 1. The van der Waals surface area contributed by atoms with Crippen LogP contribution in [0, 0.1) is 6.92 Å². The molecule has 0 spiro atoms. The molecule has 0 aromatic carbocycles. The lowest BCUT2D eigenvalue weighted by molar-refractivity contribution is -0.138. The molecule has 0 unspecified atom stereocenters. The van der Waals surface area contributed by atoms with Crippen molar-refractivity contribution in [3.8, 4) is 5.88 Å². The molecule has 7 nitrogen and oxygen atoms in total. The van der Waals surface area contributed by atoms with Crippen molar-refractivity contribution in [2.24, 2.45) is 0 Å². The van der Waals surface area contributed by atoms with Gasteiger partial charge in [0, 0.05) is 18.2 Å². The van der Waals surface area contributed by atoms with Crippen LogP contribution >= 0.6 is 0 Å². The molecule has 0 atom stereocenters. The number of rotatable bonds is 5. The third kappa shape index (κ3) is 4.45. The van der Waals surface area contributed by atoms with Gasteiger partial charge in [-0.05, 0) is 6.92 Å². The SMILES string of the molecule is COc1cc(C)nc(NC(=O)CCC(=O)O)n1. The number of ether oxygens (including phenoxy) is 1. The molecule has 7 heteroatoms. The van der Waals surface area contributed by atoms with Crippen LogP contribution in [0.4, 0.5) is 5.95 Å². The van der Waals surface area contributed by atoms with Gasteiger partial charge >= 0.3 is 5.97 Å². The van der Waals surface area contributed by atoms with Crippen LogP contribution in [0.25, 0.3) is 0 Å². The first-order valence-corrected chi connectivity index (χ1v) is 4.92. The molecule has 0 aliphatic carbocycles. The van der Waals surface area contributed by atoms with Crippen molar-refractivity contribution in [2.75, 3.05) is 12.4 Å². The summed E-state index contributed by atoms with van der Waals surface area (Å²) in [4.78, 5) is 29.5. The van der Waals surface area contributed by atoms with E-state index < -0.39 is 11.9 Å². The van der Waals surface area contributed by atoms with Crippen LogP contribution < -0.4 is 10.1 Å². The highest BCUT2D eigenvalue weighted by Crippen LogP contribution is 2.11. The van der Waals surface area contributed by atoms with Gasteiger partial charge in [-0.15, -0.1) is 0 Å². The van der Waals surface area contributed by atoms with Crippen molar-refractivity contribution >= 4 is 17.8 Å². The molecule has 0 saturated carbocycles. The average molecular weight is 239 g/mol. The van der Waals surface area contributed by atoms with Gasteiger partial charge in [0.2, 0.25) is 17.7 Å². The van der Waals surface area contributed by atoms with Crippen LogP contribution in [0.1, 0.15) is 18.5 Å².